The van der Waals surface area contributed by atoms with Gasteiger partial charge in [0, 0.05) is 12.1 Å². The second-order valence-corrected chi connectivity index (χ2v) is 15.5. The first-order chi connectivity index (χ1) is 18.0. The minimum atomic E-state index is -3.60. The molecule has 0 aromatic heterocycles. The van der Waals surface area contributed by atoms with Gasteiger partial charge in [-0.25, -0.2) is 13.1 Å². The number of benzene rings is 4. The SMILES string of the molecule is NC1CCCCC1NS(=O)(=O)Cc1ccccc1[Si](c1ccccc1)(c1ccccc1)c1ccccc1. The molecule has 4 aromatic carbocycles. The lowest BCUT2D eigenvalue weighted by Gasteiger charge is -2.36. The van der Waals surface area contributed by atoms with Gasteiger partial charge in [0.1, 0.15) is 0 Å². The van der Waals surface area contributed by atoms with Gasteiger partial charge in [0.15, 0.2) is 8.07 Å². The lowest BCUT2D eigenvalue weighted by atomic mass is 9.92. The van der Waals surface area contributed by atoms with Crippen molar-refractivity contribution in [3.63, 3.8) is 0 Å². The highest BCUT2D eigenvalue weighted by Gasteiger charge is 2.43. The third-order valence-electron chi connectivity index (χ3n) is 7.54. The Morgan fingerprint density at radius 3 is 1.65 bits per heavy atom. The van der Waals surface area contributed by atoms with Crippen LogP contribution in [0.15, 0.2) is 115 Å². The minimum absolute atomic E-state index is 0.0757. The van der Waals surface area contributed by atoms with Crippen LogP contribution in [0.25, 0.3) is 0 Å². The Balaban J connectivity index is 1.69. The number of rotatable bonds is 8. The molecule has 6 heteroatoms. The highest BCUT2D eigenvalue weighted by atomic mass is 32.2. The maximum atomic E-state index is 13.6. The molecule has 0 amide bonds. The van der Waals surface area contributed by atoms with E-state index in [0.717, 1.165) is 36.4 Å². The smallest absolute Gasteiger partial charge is 0.216 e. The predicted molar refractivity (Wildman–Crippen MR) is 156 cm³/mol. The largest absolute Gasteiger partial charge is 0.326 e. The summed E-state index contributed by atoms with van der Waals surface area (Å²) in [4.78, 5) is 0. The van der Waals surface area contributed by atoms with Crippen molar-refractivity contribution < 1.29 is 8.42 Å². The molecule has 0 saturated heterocycles. The average Bonchev–Trinajstić information content (AvgIpc) is 2.93. The normalized spacial score (nSPS) is 18.4. The van der Waals surface area contributed by atoms with Gasteiger partial charge in [-0.3, -0.25) is 0 Å². The molecule has 0 radical (unpaired) electrons. The van der Waals surface area contributed by atoms with E-state index in [4.69, 9.17) is 5.73 Å². The van der Waals surface area contributed by atoms with Crippen molar-refractivity contribution >= 4 is 38.8 Å². The molecule has 3 N–H and O–H groups in total. The molecule has 1 saturated carbocycles. The van der Waals surface area contributed by atoms with Crippen molar-refractivity contribution in [2.45, 2.75) is 43.5 Å². The van der Waals surface area contributed by atoms with Crippen molar-refractivity contribution in [3.8, 4) is 0 Å². The van der Waals surface area contributed by atoms with Crippen LogP contribution in [0.5, 0.6) is 0 Å². The molecular weight excluding hydrogens is 493 g/mol. The predicted octanol–water partition coefficient (Wildman–Crippen LogP) is 2.75. The first kappa shape index (κ1) is 25.6. The molecular formula is C31H34N2O2SSi. The zero-order valence-corrected chi connectivity index (χ0v) is 22.8. The molecule has 0 spiro atoms. The van der Waals surface area contributed by atoms with Gasteiger partial charge in [0.2, 0.25) is 10.0 Å². The number of hydrogen-bond donors (Lipinski definition) is 2. The van der Waals surface area contributed by atoms with Crippen molar-refractivity contribution in [1.82, 2.24) is 4.72 Å². The summed E-state index contributed by atoms with van der Waals surface area (Å²) in [6, 6.07) is 39.5. The Labute approximate surface area is 221 Å². The van der Waals surface area contributed by atoms with Crippen molar-refractivity contribution in [2.75, 3.05) is 0 Å². The molecule has 4 nitrogen and oxygen atoms in total. The summed E-state index contributed by atoms with van der Waals surface area (Å²) in [5.74, 6) is -0.0757. The second-order valence-electron chi connectivity index (χ2n) is 9.94. The average molecular weight is 527 g/mol. The molecule has 0 heterocycles. The van der Waals surface area contributed by atoms with Crippen molar-refractivity contribution in [3.05, 3.63) is 121 Å². The Morgan fingerprint density at radius 1 is 0.676 bits per heavy atom. The van der Waals surface area contributed by atoms with E-state index in [1.54, 1.807) is 0 Å². The summed E-state index contributed by atoms with van der Waals surface area (Å²) in [6.45, 7) is 0. The summed E-state index contributed by atoms with van der Waals surface area (Å²) >= 11 is 0. The summed E-state index contributed by atoms with van der Waals surface area (Å²) in [5.41, 5.74) is 7.12. The van der Waals surface area contributed by atoms with Gasteiger partial charge >= 0.3 is 0 Å². The Kier molecular flexibility index (Phi) is 7.72. The molecule has 0 aliphatic heterocycles. The quantitative estimate of drug-likeness (QED) is 0.274. The monoisotopic (exact) mass is 526 g/mol. The van der Waals surface area contributed by atoms with E-state index in [2.05, 4.69) is 83.6 Å². The highest BCUT2D eigenvalue weighted by Crippen LogP contribution is 2.19. The number of nitrogens with one attached hydrogen (secondary N) is 1. The lowest BCUT2D eigenvalue weighted by Crippen LogP contribution is -2.75. The van der Waals surface area contributed by atoms with Crippen molar-refractivity contribution in [2.24, 2.45) is 5.73 Å². The summed E-state index contributed by atoms with van der Waals surface area (Å²) in [6.07, 6.45) is 3.71. The Bertz CT molecular complexity index is 1320. The van der Waals surface area contributed by atoms with Crippen LogP contribution in [0.2, 0.25) is 0 Å². The molecule has 190 valence electrons. The zero-order chi connectivity index (χ0) is 25.7. The van der Waals surface area contributed by atoms with Crippen LogP contribution in [0.4, 0.5) is 0 Å². The fourth-order valence-electron chi connectivity index (χ4n) is 5.83. The minimum Gasteiger partial charge on any atom is -0.326 e. The maximum Gasteiger partial charge on any atom is 0.216 e. The van der Waals surface area contributed by atoms with Crippen LogP contribution in [0, 0.1) is 0 Å². The van der Waals surface area contributed by atoms with E-state index in [1.807, 2.05) is 36.4 Å². The molecule has 2 unspecified atom stereocenters. The zero-order valence-electron chi connectivity index (χ0n) is 21.0. The molecule has 1 fully saturated rings. The summed E-state index contributed by atoms with van der Waals surface area (Å²) in [7, 11) is -6.43. The van der Waals surface area contributed by atoms with Crippen molar-refractivity contribution in [1.29, 1.82) is 0 Å². The Morgan fingerprint density at radius 2 is 1.14 bits per heavy atom. The van der Waals surface area contributed by atoms with Gasteiger partial charge in [-0.1, -0.05) is 128 Å². The number of hydrogen-bond acceptors (Lipinski definition) is 3. The van der Waals surface area contributed by atoms with E-state index in [-0.39, 0.29) is 17.8 Å². The lowest BCUT2D eigenvalue weighted by molar-refractivity contribution is 0.361. The number of nitrogens with two attached hydrogens (primary N) is 1. The van der Waals surface area contributed by atoms with E-state index in [0.29, 0.717) is 0 Å². The van der Waals surface area contributed by atoms with Gasteiger partial charge in [-0.15, -0.1) is 0 Å². The maximum absolute atomic E-state index is 13.6. The van der Waals surface area contributed by atoms with E-state index in [1.165, 1.54) is 15.6 Å². The Hall–Kier alpha value is -3.03. The third-order valence-corrected chi connectivity index (χ3v) is 13.8. The van der Waals surface area contributed by atoms with E-state index < -0.39 is 18.1 Å². The van der Waals surface area contributed by atoms with Crippen LogP contribution in [-0.4, -0.2) is 28.6 Å². The highest BCUT2D eigenvalue weighted by molar-refractivity contribution is 7.88. The van der Waals surface area contributed by atoms with E-state index >= 15 is 0 Å². The standard InChI is InChI=1S/C31H34N2O2SSi/c32-29-21-11-12-22-30(29)33-36(34,35)24-25-14-10-13-23-31(25)37(26-15-4-1-5-16-26,27-17-6-2-7-18-27)28-19-8-3-9-20-28/h1-10,13-20,23,29-30,33H,11-12,21-22,24,32H2. The van der Waals surface area contributed by atoms with Gasteiger partial charge in [-0.05, 0) is 39.2 Å². The molecule has 37 heavy (non-hydrogen) atoms. The third kappa shape index (κ3) is 5.34. The van der Waals surface area contributed by atoms with Crippen LogP contribution >= 0.6 is 0 Å². The number of sulfonamides is 1. The van der Waals surface area contributed by atoms with Crippen LogP contribution in [0.3, 0.4) is 0 Å². The molecule has 5 rings (SSSR count). The molecule has 0 bridgehead atoms. The summed E-state index contributed by atoms with van der Waals surface area (Å²) < 4.78 is 30.1. The molecule has 1 aliphatic carbocycles. The first-order valence-electron chi connectivity index (χ1n) is 13.0. The first-order valence-corrected chi connectivity index (χ1v) is 16.7. The second kappa shape index (κ2) is 11.2. The molecule has 4 aromatic rings. The van der Waals surface area contributed by atoms with Gasteiger partial charge in [0.25, 0.3) is 0 Å². The fourth-order valence-corrected chi connectivity index (χ4v) is 12.5. The van der Waals surface area contributed by atoms with E-state index in [9.17, 15) is 8.42 Å². The van der Waals surface area contributed by atoms with Gasteiger partial charge in [-0.2, -0.15) is 0 Å². The summed E-state index contributed by atoms with van der Waals surface area (Å²) in [5, 5.41) is 4.76. The topological polar surface area (TPSA) is 72.2 Å². The van der Waals surface area contributed by atoms with Crippen LogP contribution in [0.1, 0.15) is 31.2 Å². The van der Waals surface area contributed by atoms with Crippen LogP contribution < -0.4 is 31.2 Å². The van der Waals surface area contributed by atoms with Crippen LogP contribution in [-0.2, 0) is 15.8 Å². The fraction of sp³-hybridized carbons (Fsp3) is 0.226. The molecule has 2 atom stereocenters. The van der Waals surface area contributed by atoms with Gasteiger partial charge in [0.05, 0.1) is 5.75 Å². The van der Waals surface area contributed by atoms with Gasteiger partial charge < -0.3 is 5.73 Å². The molecule has 1 aliphatic rings.